The fraction of sp³-hybridized carbons (Fsp3) is 0. The van der Waals surface area contributed by atoms with Crippen LogP contribution in [0.2, 0.25) is 0 Å². The predicted molar refractivity (Wildman–Crippen MR) is 77.6 cm³/mol. The lowest BCUT2D eigenvalue weighted by atomic mass is 9.92. The fourth-order valence-corrected chi connectivity index (χ4v) is 2.63. The van der Waals surface area contributed by atoms with Crippen molar-refractivity contribution in [3.63, 3.8) is 0 Å². The summed E-state index contributed by atoms with van der Waals surface area (Å²) in [5, 5.41) is 1.50. The Labute approximate surface area is 118 Å². The third kappa shape index (κ3) is 1.69. The zero-order valence-electron chi connectivity index (χ0n) is 10.8. The van der Waals surface area contributed by atoms with E-state index in [0.717, 1.165) is 5.39 Å². The Morgan fingerprint density at radius 3 is 2.62 bits per heavy atom. The number of carbonyl (C=O) groups is 2. The number of hydrogen-bond acceptors (Lipinski definition) is 3. The number of allylic oxidation sites excluding steroid dienone is 1. The van der Waals surface area contributed by atoms with Crippen molar-refractivity contribution in [3.8, 4) is 0 Å². The van der Waals surface area contributed by atoms with Crippen LogP contribution in [0.4, 0.5) is 4.39 Å². The number of pyridine rings is 1. The second-order valence-corrected chi connectivity index (χ2v) is 4.95. The van der Waals surface area contributed by atoms with Crippen LogP contribution in [0.5, 0.6) is 0 Å². The molecule has 0 fully saturated rings. The molecular weight excluding hydrogens is 269 g/mol. The number of rotatable bonds is 0. The molecule has 1 aliphatic carbocycles. The van der Waals surface area contributed by atoms with Crippen LogP contribution in [-0.2, 0) is 4.79 Å². The molecule has 0 saturated carbocycles. The van der Waals surface area contributed by atoms with E-state index in [2.05, 4.69) is 4.98 Å². The maximum Gasteiger partial charge on any atom is 0.233 e. The van der Waals surface area contributed by atoms with Crippen LogP contribution in [0, 0.1) is 5.82 Å². The smallest absolute Gasteiger partial charge is 0.233 e. The second-order valence-electron chi connectivity index (χ2n) is 4.95. The molecule has 0 spiro atoms. The van der Waals surface area contributed by atoms with E-state index in [9.17, 15) is 14.0 Å². The van der Waals surface area contributed by atoms with Crippen molar-refractivity contribution < 1.29 is 14.0 Å². The minimum absolute atomic E-state index is 0.317. The van der Waals surface area contributed by atoms with Crippen molar-refractivity contribution in [2.75, 3.05) is 0 Å². The van der Waals surface area contributed by atoms with E-state index in [0.29, 0.717) is 27.5 Å². The maximum absolute atomic E-state index is 13.3. The molecule has 3 nitrogen and oxygen atoms in total. The number of hydrogen-bond donors (Lipinski definition) is 0. The van der Waals surface area contributed by atoms with Crippen molar-refractivity contribution in [2.45, 2.75) is 0 Å². The van der Waals surface area contributed by atoms with Gasteiger partial charge in [0.2, 0.25) is 11.6 Å². The van der Waals surface area contributed by atoms with Gasteiger partial charge in [0.1, 0.15) is 5.82 Å². The van der Waals surface area contributed by atoms with E-state index >= 15 is 0 Å². The Hall–Kier alpha value is -2.88. The Kier molecular flexibility index (Phi) is 2.30. The lowest BCUT2D eigenvalue weighted by Crippen LogP contribution is -2.16. The van der Waals surface area contributed by atoms with E-state index in [-0.39, 0.29) is 5.82 Å². The molecule has 0 saturated heterocycles. The topological polar surface area (TPSA) is 47.0 Å². The molecule has 4 heteroatoms. The molecule has 0 amide bonds. The average molecular weight is 277 g/mol. The van der Waals surface area contributed by atoms with Crippen LogP contribution in [0.1, 0.15) is 15.9 Å². The maximum atomic E-state index is 13.3. The van der Waals surface area contributed by atoms with Crippen molar-refractivity contribution in [1.29, 1.82) is 0 Å². The van der Waals surface area contributed by atoms with Crippen molar-refractivity contribution >= 4 is 39.4 Å². The third-order valence-electron chi connectivity index (χ3n) is 3.65. The lowest BCUT2D eigenvalue weighted by Gasteiger charge is -2.11. The van der Waals surface area contributed by atoms with Crippen molar-refractivity contribution in [3.05, 3.63) is 59.4 Å². The molecule has 2 aromatic carbocycles. The van der Waals surface area contributed by atoms with Gasteiger partial charge in [0.25, 0.3) is 0 Å². The lowest BCUT2D eigenvalue weighted by molar-refractivity contribution is -0.110. The molecule has 0 bridgehead atoms. The highest BCUT2D eigenvalue weighted by Gasteiger charge is 2.22. The van der Waals surface area contributed by atoms with Crippen LogP contribution < -0.4 is 0 Å². The van der Waals surface area contributed by atoms with Crippen LogP contribution in [0.15, 0.2) is 42.5 Å². The van der Waals surface area contributed by atoms with Gasteiger partial charge in [-0.3, -0.25) is 9.59 Å². The third-order valence-corrected chi connectivity index (χ3v) is 3.65. The van der Waals surface area contributed by atoms with Gasteiger partial charge in [-0.1, -0.05) is 6.07 Å². The summed E-state index contributed by atoms with van der Waals surface area (Å²) < 4.78 is 13.3. The Bertz CT molecular complexity index is 989. The SMILES string of the molecule is O=C1C=Cc2c(ccc3cc4cc(F)ccc4nc23)C1=O. The van der Waals surface area contributed by atoms with Gasteiger partial charge in [0.15, 0.2) is 0 Å². The zero-order chi connectivity index (χ0) is 14.6. The van der Waals surface area contributed by atoms with Gasteiger partial charge in [-0.05, 0) is 42.5 Å². The number of ketones is 2. The fourth-order valence-electron chi connectivity index (χ4n) is 2.63. The van der Waals surface area contributed by atoms with Gasteiger partial charge in [-0.25, -0.2) is 9.37 Å². The minimum atomic E-state index is -0.523. The van der Waals surface area contributed by atoms with Gasteiger partial charge in [-0.15, -0.1) is 0 Å². The van der Waals surface area contributed by atoms with E-state index < -0.39 is 11.6 Å². The zero-order valence-corrected chi connectivity index (χ0v) is 10.8. The van der Waals surface area contributed by atoms with Crippen LogP contribution in [-0.4, -0.2) is 16.6 Å². The summed E-state index contributed by atoms with van der Waals surface area (Å²) in [5.41, 5.74) is 2.30. The van der Waals surface area contributed by atoms with Gasteiger partial charge in [0.05, 0.1) is 11.0 Å². The molecule has 100 valence electrons. The molecule has 0 N–H and O–H groups in total. The number of carbonyl (C=O) groups excluding carboxylic acids is 2. The van der Waals surface area contributed by atoms with Crippen molar-refractivity contribution in [2.24, 2.45) is 0 Å². The largest absolute Gasteiger partial charge is 0.286 e. The molecule has 1 heterocycles. The van der Waals surface area contributed by atoms with Crippen molar-refractivity contribution in [1.82, 2.24) is 4.98 Å². The quantitative estimate of drug-likeness (QED) is 0.468. The number of nitrogens with zero attached hydrogens (tertiary/aromatic N) is 1. The standard InChI is InChI=1S/C17H8FNO2/c18-11-2-5-14-10(8-11)7-9-1-3-13-12(16(9)19-14)4-6-15(20)17(13)21/h1-8H. The molecule has 21 heavy (non-hydrogen) atoms. The molecule has 1 aromatic heterocycles. The summed E-state index contributed by atoms with van der Waals surface area (Å²) >= 11 is 0. The first-order chi connectivity index (χ1) is 10.1. The Morgan fingerprint density at radius 2 is 1.76 bits per heavy atom. The highest BCUT2D eigenvalue weighted by atomic mass is 19.1. The second kappa shape index (κ2) is 4.06. The first-order valence-electron chi connectivity index (χ1n) is 6.43. The average Bonchev–Trinajstić information content (AvgIpc) is 2.48. The molecule has 1 aliphatic rings. The van der Waals surface area contributed by atoms with E-state index in [1.54, 1.807) is 24.3 Å². The summed E-state index contributed by atoms with van der Waals surface area (Å²) in [6, 6.07) is 9.55. The molecule has 0 unspecified atom stereocenters. The van der Waals surface area contributed by atoms with Gasteiger partial charge in [-0.2, -0.15) is 0 Å². The minimum Gasteiger partial charge on any atom is -0.286 e. The number of fused-ring (bicyclic) bond motifs is 4. The van der Waals surface area contributed by atoms with Crippen LogP contribution in [0.25, 0.3) is 27.9 Å². The number of benzene rings is 2. The van der Waals surface area contributed by atoms with E-state index in [1.165, 1.54) is 18.2 Å². The summed E-state index contributed by atoms with van der Waals surface area (Å²) in [5.74, 6) is -1.36. The van der Waals surface area contributed by atoms with Gasteiger partial charge >= 0.3 is 0 Å². The van der Waals surface area contributed by atoms with Gasteiger partial charge in [0, 0.05) is 21.9 Å². The normalized spacial score (nSPS) is 14.0. The first kappa shape index (κ1) is 11.9. The molecule has 0 radical (unpaired) electrons. The molecule has 0 aliphatic heterocycles. The van der Waals surface area contributed by atoms with E-state index in [1.807, 2.05) is 6.07 Å². The number of halogens is 1. The molecule has 0 atom stereocenters. The number of Topliss-reactive ketones (excluding diaryl/α,β-unsaturated/α-hetero) is 1. The summed E-state index contributed by atoms with van der Waals surface area (Å²) in [4.78, 5) is 27.8. The number of aromatic nitrogens is 1. The highest BCUT2D eigenvalue weighted by Crippen LogP contribution is 2.28. The molecule has 4 rings (SSSR count). The summed E-state index contributed by atoms with van der Waals surface area (Å²) in [7, 11) is 0. The molecule has 3 aromatic rings. The monoisotopic (exact) mass is 277 g/mol. The molecular formula is C17H8FNO2. The predicted octanol–water partition coefficient (Wildman–Crippen LogP) is 3.31. The van der Waals surface area contributed by atoms with Crippen LogP contribution >= 0.6 is 0 Å². The Morgan fingerprint density at radius 1 is 0.905 bits per heavy atom. The van der Waals surface area contributed by atoms with E-state index in [4.69, 9.17) is 0 Å². The summed E-state index contributed by atoms with van der Waals surface area (Å²) in [6.07, 6.45) is 2.88. The van der Waals surface area contributed by atoms with Gasteiger partial charge < -0.3 is 0 Å². The van der Waals surface area contributed by atoms with Crippen LogP contribution in [0.3, 0.4) is 0 Å². The highest BCUT2D eigenvalue weighted by molar-refractivity contribution is 6.50. The first-order valence-corrected chi connectivity index (χ1v) is 6.43. The Balaban J connectivity index is 2.12. The summed E-state index contributed by atoms with van der Waals surface area (Å²) in [6.45, 7) is 0.